The van der Waals surface area contributed by atoms with Gasteiger partial charge in [-0.05, 0) is 12.1 Å². The molecule has 152 valence electrons. The number of rotatable bonds is 4. The predicted molar refractivity (Wildman–Crippen MR) is 101 cm³/mol. The van der Waals surface area contributed by atoms with Crippen molar-refractivity contribution in [2.24, 2.45) is 0 Å². The molecule has 12 heteroatoms. The fourth-order valence-corrected chi connectivity index (χ4v) is 3.28. The van der Waals surface area contributed by atoms with Gasteiger partial charge >= 0.3 is 0 Å². The highest BCUT2D eigenvalue weighted by Gasteiger charge is 2.39. The maximum Gasteiger partial charge on any atom is 0.253 e. The number of hydrogen-bond acceptors (Lipinski definition) is 10. The first-order chi connectivity index (χ1) is 13.9. The standard InChI is InChI=1S/C17H20N8O4/c18-14-11-15(24-17(19)23-14)21-7-25(11)5-10-13(27)12(26)9(6-29-10)22-16(28)8-2-1-3-20-4-8/h1-4,7,9-10,12-13,26-27H,5-6H2,(H,22,28)(H4,18,19,23,24)/t9-,10-,12+,13-/m1/s1. The maximum absolute atomic E-state index is 12.3. The SMILES string of the molecule is Nc1nc(N)c2c(ncn2C[C@H]2OC[C@@H](NC(=O)c3cccnc3)[C@H](O)[C@@H]2O)n1. The smallest absolute Gasteiger partial charge is 0.253 e. The molecule has 0 aromatic carbocycles. The number of carbonyl (C=O) groups is 1. The van der Waals surface area contributed by atoms with Gasteiger partial charge in [0.1, 0.15) is 23.8 Å². The maximum atomic E-state index is 12.3. The molecule has 0 radical (unpaired) electrons. The number of carbonyl (C=O) groups excluding carboxylic acids is 1. The second-order valence-electron chi connectivity index (χ2n) is 6.71. The number of aliphatic hydroxyl groups excluding tert-OH is 2. The Labute approximate surface area is 164 Å². The number of aromatic nitrogens is 5. The summed E-state index contributed by atoms with van der Waals surface area (Å²) in [5.74, 6) is -0.256. The molecule has 3 aromatic rings. The van der Waals surface area contributed by atoms with Crippen molar-refractivity contribution < 1.29 is 19.7 Å². The van der Waals surface area contributed by atoms with Crippen LogP contribution in [0.25, 0.3) is 11.2 Å². The lowest BCUT2D eigenvalue weighted by atomic mass is 9.97. The molecule has 0 unspecified atom stereocenters. The highest BCUT2D eigenvalue weighted by molar-refractivity contribution is 5.94. The van der Waals surface area contributed by atoms with Crippen molar-refractivity contribution in [2.75, 3.05) is 18.1 Å². The zero-order chi connectivity index (χ0) is 20.5. The van der Waals surface area contributed by atoms with Crippen molar-refractivity contribution in [3.05, 3.63) is 36.4 Å². The van der Waals surface area contributed by atoms with Gasteiger partial charge < -0.3 is 36.3 Å². The minimum atomic E-state index is -1.25. The van der Waals surface area contributed by atoms with E-state index in [4.69, 9.17) is 16.2 Å². The molecule has 0 bridgehead atoms. The van der Waals surface area contributed by atoms with Crippen molar-refractivity contribution in [2.45, 2.75) is 30.9 Å². The van der Waals surface area contributed by atoms with E-state index in [2.05, 4.69) is 25.3 Å². The van der Waals surface area contributed by atoms with Gasteiger partial charge in [0.2, 0.25) is 5.95 Å². The zero-order valence-corrected chi connectivity index (χ0v) is 15.2. The van der Waals surface area contributed by atoms with Gasteiger partial charge in [-0.2, -0.15) is 9.97 Å². The molecule has 0 saturated carbocycles. The Kier molecular flexibility index (Phi) is 4.96. The van der Waals surface area contributed by atoms with E-state index in [-0.39, 0.29) is 24.9 Å². The molecule has 1 fully saturated rings. The number of nitrogens with two attached hydrogens (primary N) is 2. The zero-order valence-electron chi connectivity index (χ0n) is 15.2. The summed E-state index contributed by atoms with van der Waals surface area (Å²) < 4.78 is 7.32. The Morgan fingerprint density at radius 3 is 2.90 bits per heavy atom. The molecule has 7 N–H and O–H groups in total. The van der Waals surface area contributed by atoms with Crippen LogP contribution in [0, 0.1) is 0 Å². The molecule has 0 aliphatic carbocycles. The highest BCUT2D eigenvalue weighted by Crippen LogP contribution is 2.22. The summed E-state index contributed by atoms with van der Waals surface area (Å²) in [4.78, 5) is 28.2. The Hall–Kier alpha value is -3.35. The molecule has 0 spiro atoms. The minimum Gasteiger partial charge on any atom is -0.388 e. The number of nitrogens with zero attached hydrogens (tertiary/aromatic N) is 5. The molecule has 1 amide bonds. The van der Waals surface area contributed by atoms with E-state index in [0.29, 0.717) is 16.7 Å². The number of amides is 1. The van der Waals surface area contributed by atoms with Gasteiger partial charge in [0.15, 0.2) is 11.5 Å². The normalized spacial score (nSPS) is 24.5. The lowest BCUT2D eigenvalue weighted by molar-refractivity contribution is -0.152. The molecule has 4 heterocycles. The lowest BCUT2D eigenvalue weighted by Gasteiger charge is -2.38. The summed E-state index contributed by atoms with van der Waals surface area (Å²) in [6.45, 7) is 0.163. The van der Waals surface area contributed by atoms with E-state index in [1.165, 1.54) is 12.5 Å². The van der Waals surface area contributed by atoms with Crippen molar-refractivity contribution in [3.63, 3.8) is 0 Å². The topological polar surface area (TPSA) is 187 Å². The van der Waals surface area contributed by atoms with Gasteiger partial charge in [0, 0.05) is 12.4 Å². The number of nitrogen functional groups attached to an aromatic ring is 2. The average molecular weight is 400 g/mol. The molecular formula is C17H20N8O4. The first-order valence-electron chi connectivity index (χ1n) is 8.86. The molecule has 3 aromatic heterocycles. The summed E-state index contributed by atoms with van der Waals surface area (Å²) >= 11 is 0. The number of aliphatic hydroxyl groups is 2. The number of imidazole rings is 1. The molecule has 1 aliphatic rings. The summed E-state index contributed by atoms with van der Waals surface area (Å²) in [6.07, 6.45) is 1.20. The third kappa shape index (κ3) is 3.68. The van der Waals surface area contributed by atoms with Gasteiger partial charge in [0.05, 0.1) is 31.1 Å². The third-order valence-corrected chi connectivity index (χ3v) is 4.77. The number of ether oxygens (including phenoxy) is 1. The van der Waals surface area contributed by atoms with Crippen LogP contribution in [0.4, 0.5) is 11.8 Å². The van der Waals surface area contributed by atoms with Gasteiger partial charge in [-0.1, -0.05) is 0 Å². The molecule has 29 heavy (non-hydrogen) atoms. The van der Waals surface area contributed by atoms with E-state index >= 15 is 0 Å². The van der Waals surface area contributed by atoms with Crippen LogP contribution < -0.4 is 16.8 Å². The average Bonchev–Trinajstić information content (AvgIpc) is 3.11. The van der Waals surface area contributed by atoms with Crippen molar-refractivity contribution >= 4 is 28.8 Å². The van der Waals surface area contributed by atoms with E-state index < -0.39 is 30.3 Å². The molecule has 12 nitrogen and oxygen atoms in total. The Morgan fingerprint density at radius 1 is 1.31 bits per heavy atom. The highest BCUT2D eigenvalue weighted by atomic mass is 16.5. The molecule has 1 saturated heterocycles. The first-order valence-corrected chi connectivity index (χ1v) is 8.86. The van der Waals surface area contributed by atoms with Gasteiger partial charge in [-0.15, -0.1) is 0 Å². The van der Waals surface area contributed by atoms with Crippen molar-refractivity contribution in [1.82, 2.24) is 29.8 Å². The Balaban J connectivity index is 1.45. The Morgan fingerprint density at radius 2 is 2.14 bits per heavy atom. The van der Waals surface area contributed by atoms with Crippen LogP contribution in [0.15, 0.2) is 30.9 Å². The van der Waals surface area contributed by atoms with E-state index in [1.54, 1.807) is 22.9 Å². The lowest BCUT2D eigenvalue weighted by Crippen LogP contribution is -2.59. The third-order valence-electron chi connectivity index (χ3n) is 4.77. The van der Waals surface area contributed by atoms with Gasteiger partial charge in [-0.25, -0.2) is 4.98 Å². The second kappa shape index (κ2) is 7.58. The van der Waals surface area contributed by atoms with Crippen LogP contribution in [-0.4, -0.2) is 71.6 Å². The van der Waals surface area contributed by atoms with E-state index in [9.17, 15) is 15.0 Å². The fourth-order valence-electron chi connectivity index (χ4n) is 3.28. The van der Waals surface area contributed by atoms with Gasteiger partial charge in [-0.3, -0.25) is 9.78 Å². The summed E-state index contributed by atoms with van der Waals surface area (Å²) in [7, 11) is 0. The van der Waals surface area contributed by atoms with Crippen LogP contribution in [0.1, 0.15) is 10.4 Å². The van der Waals surface area contributed by atoms with Crippen molar-refractivity contribution in [3.8, 4) is 0 Å². The quantitative estimate of drug-likeness (QED) is 0.338. The summed E-state index contributed by atoms with van der Waals surface area (Å²) in [5, 5.41) is 23.7. The van der Waals surface area contributed by atoms with Crippen LogP contribution in [0.2, 0.25) is 0 Å². The first kappa shape index (κ1) is 19.0. The van der Waals surface area contributed by atoms with Crippen LogP contribution >= 0.6 is 0 Å². The van der Waals surface area contributed by atoms with Crippen LogP contribution in [-0.2, 0) is 11.3 Å². The molecule has 4 rings (SSSR count). The fraction of sp³-hybridized carbons (Fsp3) is 0.353. The summed E-state index contributed by atoms with van der Waals surface area (Å²) in [5.41, 5.74) is 12.6. The molecular weight excluding hydrogens is 380 g/mol. The minimum absolute atomic E-state index is 0.0109. The molecule has 4 atom stereocenters. The van der Waals surface area contributed by atoms with Crippen molar-refractivity contribution in [1.29, 1.82) is 0 Å². The molecule has 1 aliphatic heterocycles. The Bertz CT molecular complexity index is 1030. The second-order valence-corrected chi connectivity index (χ2v) is 6.71. The monoisotopic (exact) mass is 400 g/mol. The predicted octanol–water partition coefficient (Wildman–Crippen LogP) is -1.70. The van der Waals surface area contributed by atoms with Gasteiger partial charge in [0.25, 0.3) is 5.91 Å². The number of fused-ring (bicyclic) bond motifs is 1. The number of nitrogens with one attached hydrogen (secondary N) is 1. The largest absolute Gasteiger partial charge is 0.388 e. The number of anilines is 2. The van der Waals surface area contributed by atoms with Crippen LogP contribution in [0.5, 0.6) is 0 Å². The number of pyridine rings is 1. The van der Waals surface area contributed by atoms with E-state index in [1.807, 2.05) is 0 Å². The van der Waals surface area contributed by atoms with Crippen LogP contribution in [0.3, 0.4) is 0 Å². The number of hydrogen-bond donors (Lipinski definition) is 5. The van der Waals surface area contributed by atoms with E-state index in [0.717, 1.165) is 0 Å². The summed E-state index contributed by atoms with van der Waals surface area (Å²) in [6, 6.07) is 2.45.